The number of carboxylic acid groups (broad SMARTS) is 2. The molecule has 0 amide bonds. The van der Waals surface area contributed by atoms with Crippen molar-refractivity contribution >= 4 is 11.9 Å². The summed E-state index contributed by atoms with van der Waals surface area (Å²) in [6, 6.07) is 0. The zero-order valence-electron chi connectivity index (χ0n) is 9.52. The van der Waals surface area contributed by atoms with Crippen LogP contribution in [-0.2, 0) is 9.59 Å². The number of rotatable bonds is 9. The first-order chi connectivity index (χ1) is 7.61. The Morgan fingerprint density at radius 3 is 2.06 bits per heavy atom. The first-order valence-electron chi connectivity index (χ1n) is 6.07. The highest BCUT2D eigenvalue weighted by Crippen LogP contribution is 2.34. The molecule has 0 radical (unpaired) electrons. The molecule has 0 aromatic heterocycles. The van der Waals surface area contributed by atoms with Gasteiger partial charge >= 0.3 is 11.9 Å². The van der Waals surface area contributed by atoms with Gasteiger partial charge in [-0.25, -0.2) is 0 Å². The van der Waals surface area contributed by atoms with Crippen LogP contribution < -0.4 is 0 Å². The monoisotopic (exact) mass is 228 g/mol. The highest BCUT2D eigenvalue weighted by Gasteiger charge is 2.24. The molecule has 0 aliphatic heterocycles. The molecule has 0 bridgehead atoms. The van der Waals surface area contributed by atoms with Gasteiger partial charge in [0, 0.05) is 0 Å². The van der Waals surface area contributed by atoms with E-state index < -0.39 is 17.9 Å². The molecule has 16 heavy (non-hydrogen) atoms. The van der Waals surface area contributed by atoms with Gasteiger partial charge in [0.1, 0.15) is 0 Å². The molecule has 0 heterocycles. The van der Waals surface area contributed by atoms with Crippen molar-refractivity contribution in [2.24, 2.45) is 11.8 Å². The molecule has 0 spiro atoms. The summed E-state index contributed by atoms with van der Waals surface area (Å²) in [7, 11) is 0. The maximum Gasteiger partial charge on any atom is 0.317 e. The van der Waals surface area contributed by atoms with Crippen LogP contribution in [0.4, 0.5) is 0 Å². The van der Waals surface area contributed by atoms with Crippen molar-refractivity contribution in [3.05, 3.63) is 0 Å². The molecule has 1 aliphatic carbocycles. The van der Waals surface area contributed by atoms with Gasteiger partial charge in [0.15, 0.2) is 5.92 Å². The Morgan fingerprint density at radius 1 is 1.00 bits per heavy atom. The predicted molar refractivity (Wildman–Crippen MR) is 59.2 cm³/mol. The highest BCUT2D eigenvalue weighted by atomic mass is 16.4. The lowest BCUT2D eigenvalue weighted by atomic mass is 10.0. The molecule has 4 nitrogen and oxygen atoms in total. The lowest BCUT2D eigenvalue weighted by molar-refractivity contribution is -0.154. The van der Waals surface area contributed by atoms with Crippen LogP contribution in [0.2, 0.25) is 0 Å². The van der Waals surface area contributed by atoms with E-state index in [9.17, 15) is 9.59 Å². The topological polar surface area (TPSA) is 74.6 Å². The summed E-state index contributed by atoms with van der Waals surface area (Å²) in [5.74, 6) is -2.70. The van der Waals surface area contributed by atoms with Crippen LogP contribution in [-0.4, -0.2) is 22.2 Å². The molecule has 1 aliphatic rings. The molecule has 0 saturated heterocycles. The minimum absolute atomic E-state index is 0.258. The predicted octanol–water partition coefficient (Wildman–Crippen LogP) is 2.52. The Morgan fingerprint density at radius 2 is 1.56 bits per heavy atom. The summed E-state index contributed by atoms with van der Waals surface area (Å²) in [5.41, 5.74) is 0. The molecular formula is C12H20O4. The van der Waals surface area contributed by atoms with Gasteiger partial charge in [0.2, 0.25) is 0 Å². The Balaban J connectivity index is 1.98. The zero-order chi connectivity index (χ0) is 12.0. The fourth-order valence-corrected chi connectivity index (χ4v) is 1.89. The summed E-state index contributed by atoms with van der Waals surface area (Å²) in [5, 5.41) is 17.3. The van der Waals surface area contributed by atoms with Crippen LogP contribution in [0.25, 0.3) is 0 Å². The van der Waals surface area contributed by atoms with Crippen molar-refractivity contribution < 1.29 is 19.8 Å². The van der Waals surface area contributed by atoms with Crippen LogP contribution in [0.3, 0.4) is 0 Å². The molecule has 92 valence electrons. The molecule has 1 fully saturated rings. The van der Waals surface area contributed by atoms with Gasteiger partial charge in [-0.15, -0.1) is 0 Å². The van der Waals surface area contributed by atoms with Crippen LogP contribution >= 0.6 is 0 Å². The number of carboxylic acids is 2. The quantitative estimate of drug-likeness (QED) is 0.469. The third-order valence-electron chi connectivity index (χ3n) is 3.15. The number of hydrogen-bond donors (Lipinski definition) is 2. The largest absolute Gasteiger partial charge is 0.481 e. The van der Waals surface area contributed by atoms with Crippen molar-refractivity contribution in [2.75, 3.05) is 0 Å². The van der Waals surface area contributed by atoms with Crippen molar-refractivity contribution in [1.82, 2.24) is 0 Å². The molecule has 1 saturated carbocycles. The third kappa shape index (κ3) is 5.14. The van der Waals surface area contributed by atoms with Crippen LogP contribution in [0.1, 0.15) is 51.4 Å². The van der Waals surface area contributed by atoms with Gasteiger partial charge in [-0.05, 0) is 12.3 Å². The summed E-state index contributed by atoms with van der Waals surface area (Å²) in [6.45, 7) is 0. The lowest BCUT2D eigenvalue weighted by Gasteiger charge is -2.06. The van der Waals surface area contributed by atoms with Crippen molar-refractivity contribution in [3.63, 3.8) is 0 Å². The molecular weight excluding hydrogens is 208 g/mol. The summed E-state index contributed by atoms with van der Waals surface area (Å²) in [4.78, 5) is 21.2. The maximum absolute atomic E-state index is 10.6. The standard InChI is InChI=1S/C12H20O4/c13-11(14)10(12(15)16)6-4-2-1-3-5-9-7-8-9/h9-10H,1-8H2,(H,13,14)(H,15,16). The van der Waals surface area contributed by atoms with Crippen LogP contribution in [0.5, 0.6) is 0 Å². The smallest absolute Gasteiger partial charge is 0.317 e. The number of aliphatic carboxylic acids is 2. The average Bonchev–Trinajstić information content (AvgIpc) is 2.99. The SMILES string of the molecule is O=C(O)C(CCCCCCC1CC1)C(=O)O. The van der Waals surface area contributed by atoms with E-state index in [0.29, 0.717) is 6.42 Å². The van der Waals surface area contributed by atoms with Crippen molar-refractivity contribution in [3.8, 4) is 0 Å². The molecule has 0 aromatic rings. The van der Waals surface area contributed by atoms with Gasteiger partial charge in [0.25, 0.3) is 0 Å². The van der Waals surface area contributed by atoms with Gasteiger partial charge < -0.3 is 10.2 Å². The van der Waals surface area contributed by atoms with Crippen LogP contribution in [0.15, 0.2) is 0 Å². The summed E-state index contributed by atoms with van der Waals surface area (Å²) >= 11 is 0. The number of carbonyl (C=O) groups is 2. The second-order valence-corrected chi connectivity index (χ2v) is 4.66. The lowest BCUT2D eigenvalue weighted by Crippen LogP contribution is -2.23. The fourth-order valence-electron chi connectivity index (χ4n) is 1.89. The maximum atomic E-state index is 10.6. The Bertz CT molecular complexity index is 231. The van der Waals surface area contributed by atoms with E-state index in [4.69, 9.17) is 10.2 Å². The normalized spacial score (nSPS) is 15.3. The minimum atomic E-state index is -1.22. The Labute approximate surface area is 95.7 Å². The molecule has 1 rings (SSSR count). The van der Waals surface area contributed by atoms with Gasteiger partial charge in [-0.2, -0.15) is 0 Å². The molecule has 0 unspecified atom stereocenters. The Kier molecular flexibility index (Phi) is 5.29. The fraction of sp³-hybridized carbons (Fsp3) is 0.833. The summed E-state index contributed by atoms with van der Waals surface area (Å²) < 4.78 is 0. The minimum Gasteiger partial charge on any atom is -0.481 e. The third-order valence-corrected chi connectivity index (χ3v) is 3.15. The van der Waals surface area contributed by atoms with Crippen LogP contribution in [0, 0.1) is 11.8 Å². The van der Waals surface area contributed by atoms with Crippen molar-refractivity contribution in [2.45, 2.75) is 51.4 Å². The highest BCUT2D eigenvalue weighted by molar-refractivity contribution is 5.92. The first-order valence-corrected chi connectivity index (χ1v) is 6.07. The van der Waals surface area contributed by atoms with Crippen molar-refractivity contribution in [1.29, 1.82) is 0 Å². The summed E-state index contributed by atoms with van der Waals surface area (Å²) in [6.07, 6.45) is 8.26. The van der Waals surface area contributed by atoms with Gasteiger partial charge in [-0.1, -0.05) is 44.9 Å². The number of hydrogen-bond acceptors (Lipinski definition) is 2. The van der Waals surface area contributed by atoms with E-state index in [1.54, 1.807) is 0 Å². The zero-order valence-corrected chi connectivity index (χ0v) is 9.52. The van der Waals surface area contributed by atoms with E-state index in [2.05, 4.69) is 0 Å². The molecule has 0 aromatic carbocycles. The first kappa shape index (κ1) is 13.0. The van der Waals surface area contributed by atoms with E-state index in [1.165, 1.54) is 25.7 Å². The second kappa shape index (κ2) is 6.51. The Hall–Kier alpha value is -1.06. The molecule has 2 N–H and O–H groups in total. The average molecular weight is 228 g/mol. The second-order valence-electron chi connectivity index (χ2n) is 4.66. The molecule has 4 heteroatoms. The van der Waals surface area contributed by atoms with Gasteiger partial charge in [-0.3, -0.25) is 9.59 Å². The van der Waals surface area contributed by atoms with E-state index in [1.807, 2.05) is 0 Å². The van der Waals surface area contributed by atoms with E-state index in [-0.39, 0.29) is 6.42 Å². The van der Waals surface area contributed by atoms with E-state index >= 15 is 0 Å². The van der Waals surface area contributed by atoms with Gasteiger partial charge in [0.05, 0.1) is 0 Å². The number of unbranched alkanes of at least 4 members (excludes halogenated alkanes) is 3. The molecule has 0 atom stereocenters. The van der Waals surface area contributed by atoms with E-state index in [0.717, 1.165) is 18.8 Å².